The largest absolute Gasteiger partial charge is 0.451 e. The molecule has 0 radical (unpaired) electrons. The van der Waals surface area contributed by atoms with Crippen molar-refractivity contribution in [2.45, 2.75) is 31.5 Å². The Morgan fingerprint density at radius 1 is 1.36 bits per heavy atom. The van der Waals surface area contributed by atoms with E-state index in [9.17, 15) is 26.4 Å². The smallest absolute Gasteiger partial charge is 0.392 e. The van der Waals surface area contributed by atoms with Crippen LogP contribution in [0.3, 0.4) is 0 Å². The van der Waals surface area contributed by atoms with Gasteiger partial charge in [-0.05, 0) is 11.8 Å². The van der Waals surface area contributed by atoms with Crippen LogP contribution in [0.5, 0.6) is 0 Å². The standard InChI is InChI=1S/C15H21F3N2O4S/c1-14(2)9-20(6-5-11(14)15(16,17)18)13(21)10-7-12(24-8-10)25(22,23)19(3)4/h7-8,11H,5-6,9H2,1-4H3. The topological polar surface area (TPSA) is 70.8 Å². The Kier molecular flexibility index (Phi) is 4.99. The minimum absolute atomic E-state index is 0.00156. The van der Waals surface area contributed by atoms with E-state index in [4.69, 9.17) is 4.42 Å². The number of alkyl halides is 3. The van der Waals surface area contributed by atoms with Crippen molar-refractivity contribution in [3.8, 4) is 0 Å². The molecule has 1 saturated heterocycles. The second-order valence-electron chi connectivity index (χ2n) is 7.04. The van der Waals surface area contributed by atoms with E-state index in [1.165, 1.54) is 32.8 Å². The number of carbonyl (C=O) groups excluding carboxylic acids is 1. The van der Waals surface area contributed by atoms with Gasteiger partial charge in [-0.15, -0.1) is 0 Å². The van der Waals surface area contributed by atoms with Gasteiger partial charge in [0.25, 0.3) is 15.9 Å². The molecule has 1 aliphatic rings. The van der Waals surface area contributed by atoms with Crippen LogP contribution >= 0.6 is 0 Å². The molecule has 1 fully saturated rings. The predicted octanol–water partition coefficient (Wildman–Crippen LogP) is 2.58. The van der Waals surface area contributed by atoms with Crippen LogP contribution in [0.15, 0.2) is 21.8 Å². The highest BCUT2D eigenvalue weighted by molar-refractivity contribution is 7.88. The average Bonchev–Trinajstić information content (AvgIpc) is 2.94. The molecule has 1 atom stereocenters. The SMILES string of the molecule is CN(C)S(=O)(=O)c1cc(C(=O)N2CCC(C(F)(F)F)C(C)(C)C2)co1. The Balaban J connectivity index is 2.20. The molecule has 25 heavy (non-hydrogen) atoms. The van der Waals surface area contributed by atoms with Crippen molar-refractivity contribution in [2.75, 3.05) is 27.2 Å². The fraction of sp³-hybridized carbons (Fsp3) is 0.667. The normalized spacial score (nSPS) is 21.6. The quantitative estimate of drug-likeness (QED) is 0.806. The van der Waals surface area contributed by atoms with Crippen molar-refractivity contribution in [1.29, 1.82) is 0 Å². The molecule has 0 saturated carbocycles. The van der Waals surface area contributed by atoms with E-state index in [0.29, 0.717) is 0 Å². The van der Waals surface area contributed by atoms with Crippen molar-refractivity contribution < 1.29 is 30.8 Å². The van der Waals surface area contributed by atoms with E-state index in [-0.39, 0.29) is 30.2 Å². The molecule has 0 bridgehead atoms. The fourth-order valence-electron chi connectivity index (χ4n) is 3.06. The Labute approximate surface area is 144 Å². The van der Waals surface area contributed by atoms with Gasteiger partial charge < -0.3 is 9.32 Å². The first kappa shape index (κ1) is 19.8. The Morgan fingerprint density at radius 2 is 1.96 bits per heavy atom. The maximum absolute atomic E-state index is 13.1. The van der Waals surface area contributed by atoms with Gasteiger partial charge in [-0.25, -0.2) is 12.7 Å². The lowest BCUT2D eigenvalue weighted by atomic mass is 9.73. The summed E-state index contributed by atoms with van der Waals surface area (Å²) in [4.78, 5) is 13.8. The van der Waals surface area contributed by atoms with Gasteiger partial charge in [-0.1, -0.05) is 13.8 Å². The molecule has 1 amide bonds. The second-order valence-corrected chi connectivity index (χ2v) is 9.12. The molecule has 1 unspecified atom stereocenters. The molecule has 6 nitrogen and oxygen atoms in total. The van der Waals surface area contributed by atoms with Gasteiger partial charge in [0.2, 0.25) is 5.09 Å². The summed E-state index contributed by atoms with van der Waals surface area (Å²) in [6.45, 7) is 2.83. The maximum atomic E-state index is 13.1. The summed E-state index contributed by atoms with van der Waals surface area (Å²) in [6.07, 6.45) is -3.49. The number of rotatable bonds is 3. The Morgan fingerprint density at radius 3 is 2.44 bits per heavy atom. The van der Waals surface area contributed by atoms with Crippen LogP contribution in [-0.2, 0) is 10.0 Å². The number of hydrogen-bond donors (Lipinski definition) is 0. The number of amides is 1. The number of likely N-dealkylation sites (tertiary alicyclic amines) is 1. The summed E-state index contributed by atoms with van der Waals surface area (Å²) in [5.41, 5.74) is -1.13. The number of carbonyl (C=O) groups is 1. The summed E-state index contributed by atoms with van der Waals surface area (Å²) >= 11 is 0. The summed E-state index contributed by atoms with van der Waals surface area (Å²) in [5.74, 6) is -2.03. The van der Waals surface area contributed by atoms with Gasteiger partial charge in [0, 0.05) is 33.3 Å². The summed E-state index contributed by atoms with van der Waals surface area (Å²) in [5, 5.41) is -0.384. The Hall–Kier alpha value is -1.55. The molecule has 1 aromatic rings. The van der Waals surface area contributed by atoms with Crippen LogP contribution < -0.4 is 0 Å². The van der Waals surface area contributed by atoms with Gasteiger partial charge in [0.05, 0.1) is 11.5 Å². The zero-order chi connectivity index (χ0) is 19.2. The zero-order valence-corrected chi connectivity index (χ0v) is 15.2. The first-order valence-corrected chi connectivity index (χ1v) is 9.08. The lowest BCUT2D eigenvalue weighted by molar-refractivity contribution is -0.214. The molecule has 0 aromatic carbocycles. The first-order chi connectivity index (χ1) is 11.3. The van der Waals surface area contributed by atoms with Gasteiger partial charge in [-0.2, -0.15) is 13.2 Å². The lowest BCUT2D eigenvalue weighted by Gasteiger charge is -2.44. The van der Waals surface area contributed by atoms with Crippen molar-refractivity contribution >= 4 is 15.9 Å². The number of piperidine rings is 1. The van der Waals surface area contributed by atoms with Gasteiger partial charge >= 0.3 is 6.18 Å². The van der Waals surface area contributed by atoms with Gasteiger partial charge in [-0.3, -0.25) is 4.79 Å². The van der Waals surface area contributed by atoms with Gasteiger partial charge in [0.15, 0.2) is 0 Å². The number of hydrogen-bond acceptors (Lipinski definition) is 4. The summed E-state index contributed by atoms with van der Waals surface area (Å²) < 4.78 is 69.2. The van der Waals surface area contributed by atoms with E-state index in [0.717, 1.165) is 16.6 Å². The molecule has 0 aliphatic carbocycles. The molecule has 142 valence electrons. The molecular weight excluding hydrogens is 361 g/mol. The van der Waals surface area contributed by atoms with Gasteiger partial charge in [0.1, 0.15) is 6.26 Å². The molecule has 2 rings (SSSR count). The Bertz CT molecular complexity index is 753. The minimum atomic E-state index is -4.32. The predicted molar refractivity (Wildman–Crippen MR) is 83.4 cm³/mol. The molecule has 10 heteroatoms. The molecule has 2 heterocycles. The van der Waals surface area contributed by atoms with E-state index >= 15 is 0 Å². The van der Waals surface area contributed by atoms with E-state index < -0.39 is 33.4 Å². The highest BCUT2D eigenvalue weighted by atomic mass is 32.2. The maximum Gasteiger partial charge on any atom is 0.392 e. The van der Waals surface area contributed by atoms with Crippen LogP contribution in [0.2, 0.25) is 0 Å². The van der Waals surface area contributed by atoms with E-state index in [1.54, 1.807) is 0 Å². The van der Waals surface area contributed by atoms with Crippen LogP contribution in [-0.4, -0.2) is 56.9 Å². The molecule has 1 aromatic heterocycles. The van der Waals surface area contributed by atoms with Crippen LogP contribution in [0.1, 0.15) is 30.6 Å². The lowest BCUT2D eigenvalue weighted by Crippen LogP contribution is -2.52. The van der Waals surface area contributed by atoms with Crippen LogP contribution in [0.25, 0.3) is 0 Å². The number of nitrogens with zero attached hydrogens (tertiary/aromatic N) is 2. The van der Waals surface area contributed by atoms with Crippen molar-refractivity contribution in [1.82, 2.24) is 9.21 Å². The fourth-order valence-corrected chi connectivity index (χ4v) is 3.87. The second kappa shape index (κ2) is 6.31. The third-order valence-corrected chi connectivity index (χ3v) is 6.15. The van der Waals surface area contributed by atoms with Crippen LogP contribution in [0.4, 0.5) is 13.2 Å². The molecule has 0 N–H and O–H groups in total. The molecule has 0 spiro atoms. The van der Waals surface area contributed by atoms with Crippen molar-refractivity contribution in [3.63, 3.8) is 0 Å². The number of sulfonamides is 1. The molecule has 1 aliphatic heterocycles. The average molecular weight is 382 g/mol. The monoisotopic (exact) mass is 382 g/mol. The third kappa shape index (κ3) is 3.84. The first-order valence-electron chi connectivity index (χ1n) is 7.64. The van der Waals surface area contributed by atoms with E-state index in [2.05, 4.69) is 0 Å². The number of furan rings is 1. The van der Waals surface area contributed by atoms with Crippen molar-refractivity contribution in [3.05, 3.63) is 17.9 Å². The zero-order valence-electron chi connectivity index (χ0n) is 14.4. The molecular formula is C15H21F3N2O4S. The third-order valence-electron chi connectivity index (χ3n) is 4.47. The number of halogens is 3. The summed E-state index contributed by atoms with van der Waals surface area (Å²) in [7, 11) is -1.18. The van der Waals surface area contributed by atoms with Crippen LogP contribution in [0, 0.1) is 11.3 Å². The highest BCUT2D eigenvalue weighted by Crippen LogP contribution is 2.45. The van der Waals surface area contributed by atoms with E-state index in [1.807, 2.05) is 0 Å². The summed E-state index contributed by atoms with van der Waals surface area (Å²) in [6, 6.07) is 1.10. The highest BCUT2D eigenvalue weighted by Gasteiger charge is 2.51. The minimum Gasteiger partial charge on any atom is -0.451 e. The van der Waals surface area contributed by atoms with Crippen molar-refractivity contribution in [2.24, 2.45) is 11.3 Å².